The van der Waals surface area contributed by atoms with Gasteiger partial charge in [-0.25, -0.2) is 4.79 Å². The molecule has 2 aliphatic rings. The Bertz CT molecular complexity index is 717. The number of aryl methyl sites for hydroxylation is 2. The van der Waals surface area contributed by atoms with E-state index in [9.17, 15) is 9.59 Å². The number of carbonyl (C=O) groups excluding carboxylic acids is 2. The average molecular weight is 403 g/mol. The summed E-state index contributed by atoms with van der Waals surface area (Å²) in [6.07, 6.45) is 3.67. The number of hydrogen-bond acceptors (Lipinski definition) is 5. The Hall–Kier alpha value is -2.08. The molecule has 3 rings (SSSR count). The molecule has 0 radical (unpaired) electrons. The second-order valence-corrected chi connectivity index (χ2v) is 8.26. The second-order valence-electron chi connectivity index (χ2n) is 8.26. The molecule has 1 atom stereocenters. The third kappa shape index (κ3) is 4.92. The fourth-order valence-corrected chi connectivity index (χ4v) is 4.83. The normalized spacial score (nSPS) is 21.1. The maximum atomic E-state index is 13.2. The quantitative estimate of drug-likeness (QED) is 0.701. The van der Waals surface area contributed by atoms with Crippen molar-refractivity contribution in [3.05, 3.63) is 28.8 Å². The van der Waals surface area contributed by atoms with E-state index in [-0.39, 0.29) is 17.8 Å². The van der Waals surface area contributed by atoms with Gasteiger partial charge in [-0.05, 0) is 76.3 Å². The molecular formula is C23H34N2O4. The third-order valence-corrected chi connectivity index (χ3v) is 6.28. The van der Waals surface area contributed by atoms with Gasteiger partial charge in [-0.2, -0.15) is 0 Å². The standard InChI is InChI=1S/C23H34N2O4/c1-5-29-23(27)24-11-8-20(9-12-24)25-10-6-7-18(15-25)21(26)19-13-16(2)22(28-4)17(3)14-19/h13-14,18,20H,5-12,15H2,1-4H3/t18-/m1/s1. The Labute approximate surface area is 174 Å². The van der Waals surface area contributed by atoms with Crippen molar-refractivity contribution in [3.8, 4) is 5.75 Å². The van der Waals surface area contributed by atoms with Crippen molar-refractivity contribution >= 4 is 11.9 Å². The molecule has 0 bridgehead atoms. The van der Waals surface area contributed by atoms with Crippen LogP contribution >= 0.6 is 0 Å². The Morgan fingerprint density at radius 1 is 1.07 bits per heavy atom. The van der Waals surface area contributed by atoms with E-state index < -0.39 is 0 Å². The first-order chi connectivity index (χ1) is 13.9. The van der Waals surface area contributed by atoms with Crippen LogP contribution in [0.5, 0.6) is 5.75 Å². The lowest BCUT2D eigenvalue weighted by Gasteiger charge is -2.41. The molecule has 2 saturated heterocycles. The second kappa shape index (κ2) is 9.61. The van der Waals surface area contributed by atoms with Crippen LogP contribution in [0.2, 0.25) is 0 Å². The zero-order valence-electron chi connectivity index (χ0n) is 18.2. The number of ether oxygens (including phenoxy) is 2. The van der Waals surface area contributed by atoms with Crippen LogP contribution in [0.15, 0.2) is 12.1 Å². The first-order valence-electron chi connectivity index (χ1n) is 10.8. The molecule has 0 unspecified atom stereocenters. The van der Waals surface area contributed by atoms with Crippen molar-refractivity contribution < 1.29 is 19.1 Å². The van der Waals surface area contributed by atoms with Crippen LogP contribution in [-0.4, -0.2) is 67.6 Å². The number of ketones is 1. The Balaban J connectivity index is 1.61. The number of piperidine rings is 2. The molecule has 6 heteroatoms. The third-order valence-electron chi connectivity index (χ3n) is 6.28. The molecule has 2 heterocycles. The summed E-state index contributed by atoms with van der Waals surface area (Å²) in [5.74, 6) is 1.15. The highest BCUT2D eigenvalue weighted by Gasteiger charge is 2.33. The summed E-state index contributed by atoms with van der Waals surface area (Å²) in [6, 6.07) is 4.37. The van der Waals surface area contributed by atoms with Gasteiger partial charge in [-0.15, -0.1) is 0 Å². The summed E-state index contributed by atoms with van der Waals surface area (Å²) >= 11 is 0. The first kappa shape index (κ1) is 21.6. The van der Waals surface area contributed by atoms with Gasteiger partial charge in [0.05, 0.1) is 13.7 Å². The fraction of sp³-hybridized carbons (Fsp3) is 0.652. The van der Waals surface area contributed by atoms with E-state index in [1.807, 2.05) is 32.9 Å². The first-order valence-corrected chi connectivity index (χ1v) is 10.8. The molecule has 0 spiro atoms. The molecule has 1 aromatic carbocycles. The van der Waals surface area contributed by atoms with E-state index in [2.05, 4.69) is 4.90 Å². The lowest BCUT2D eigenvalue weighted by Crippen LogP contribution is -2.50. The number of rotatable bonds is 5. The molecule has 1 amide bonds. The maximum absolute atomic E-state index is 13.2. The highest BCUT2D eigenvalue weighted by molar-refractivity contribution is 5.98. The van der Waals surface area contributed by atoms with Crippen LogP contribution in [0.4, 0.5) is 4.79 Å². The van der Waals surface area contributed by atoms with E-state index in [1.165, 1.54) is 0 Å². The Morgan fingerprint density at radius 2 is 1.72 bits per heavy atom. The SMILES string of the molecule is CCOC(=O)N1CCC(N2CCC[C@@H](C(=O)c3cc(C)c(OC)c(C)c3)C2)CC1. The summed E-state index contributed by atoms with van der Waals surface area (Å²) in [6.45, 7) is 9.55. The number of nitrogens with zero attached hydrogens (tertiary/aromatic N) is 2. The molecule has 29 heavy (non-hydrogen) atoms. The highest BCUT2D eigenvalue weighted by atomic mass is 16.6. The Morgan fingerprint density at radius 3 is 2.31 bits per heavy atom. The Kier molecular flexibility index (Phi) is 7.17. The summed E-state index contributed by atoms with van der Waals surface area (Å²) < 4.78 is 10.6. The van der Waals surface area contributed by atoms with E-state index in [4.69, 9.17) is 9.47 Å². The van der Waals surface area contributed by atoms with Crippen LogP contribution in [0.3, 0.4) is 0 Å². The number of methoxy groups -OCH3 is 1. The molecule has 1 aromatic rings. The van der Waals surface area contributed by atoms with Gasteiger partial charge in [-0.3, -0.25) is 9.69 Å². The smallest absolute Gasteiger partial charge is 0.409 e. The van der Waals surface area contributed by atoms with Crippen molar-refractivity contribution in [1.82, 2.24) is 9.80 Å². The minimum atomic E-state index is -0.206. The van der Waals surface area contributed by atoms with Crippen LogP contribution in [0.25, 0.3) is 0 Å². The number of likely N-dealkylation sites (tertiary alicyclic amines) is 2. The van der Waals surface area contributed by atoms with Gasteiger partial charge in [0.25, 0.3) is 0 Å². The van der Waals surface area contributed by atoms with Crippen molar-refractivity contribution in [2.45, 2.75) is 52.5 Å². The van der Waals surface area contributed by atoms with Crippen molar-refractivity contribution in [2.75, 3.05) is 39.9 Å². The van der Waals surface area contributed by atoms with Crippen molar-refractivity contribution in [2.24, 2.45) is 5.92 Å². The molecular weight excluding hydrogens is 368 g/mol. The van der Waals surface area contributed by atoms with Gasteiger partial charge in [0, 0.05) is 37.2 Å². The zero-order valence-corrected chi connectivity index (χ0v) is 18.2. The molecule has 2 aliphatic heterocycles. The van der Waals surface area contributed by atoms with Gasteiger partial charge in [0.2, 0.25) is 0 Å². The lowest BCUT2D eigenvalue weighted by atomic mass is 9.87. The van der Waals surface area contributed by atoms with Crippen LogP contribution in [0.1, 0.15) is 54.1 Å². The molecule has 0 N–H and O–H groups in total. The summed E-state index contributed by atoms with van der Waals surface area (Å²) in [5.41, 5.74) is 2.81. The van der Waals surface area contributed by atoms with E-state index in [0.717, 1.165) is 74.3 Å². The van der Waals surface area contributed by atoms with E-state index >= 15 is 0 Å². The molecule has 160 valence electrons. The van der Waals surface area contributed by atoms with E-state index in [0.29, 0.717) is 12.6 Å². The number of carbonyl (C=O) groups is 2. The minimum Gasteiger partial charge on any atom is -0.496 e. The van der Waals surface area contributed by atoms with Gasteiger partial charge in [0.1, 0.15) is 5.75 Å². The van der Waals surface area contributed by atoms with Gasteiger partial charge in [-0.1, -0.05) is 0 Å². The predicted octanol–water partition coefficient (Wildman–Crippen LogP) is 3.83. The number of Topliss-reactive ketones (excluding diaryl/α,β-unsaturated/α-hetero) is 1. The maximum Gasteiger partial charge on any atom is 0.409 e. The number of benzene rings is 1. The van der Waals surface area contributed by atoms with E-state index in [1.54, 1.807) is 12.0 Å². The summed E-state index contributed by atoms with van der Waals surface area (Å²) in [5, 5.41) is 0. The molecule has 0 saturated carbocycles. The lowest BCUT2D eigenvalue weighted by molar-refractivity contribution is 0.0532. The van der Waals surface area contributed by atoms with Crippen LogP contribution in [0, 0.1) is 19.8 Å². The predicted molar refractivity (Wildman–Crippen MR) is 113 cm³/mol. The van der Waals surface area contributed by atoms with Crippen molar-refractivity contribution in [3.63, 3.8) is 0 Å². The monoisotopic (exact) mass is 402 g/mol. The zero-order chi connectivity index (χ0) is 21.0. The largest absolute Gasteiger partial charge is 0.496 e. The molecule has 2 fully saturated rings. The summed E-state index contributed by atoms with van der Waals surface area (Å²) in [4.78, 5) is 29.4. The van der Waals surface area contributed by atoms with Crippen LogP contribution in [-0.2, 0) is 4.74 Å². The van der Waals surface area contributed by atoms with Gasteiger partial charge >= 0.3 is 6.09 Å². The summed E-state index contributed by atoms with van der Waals surface area (Å²) in [7, 11) is 1.67. The highest BCUT2D eigenvalue weighted by Crippen LogP contribution is 2.29. The molecule has 0 aliphatic carbocycles. The fourth-order valence-electron chi connectivity index (χ4n) is 4.83. The van der Waals surface area contributed by atoms with Gasteiger partial charge in [0.15, 0.2) is 5.78 Å². The number of hydrogen-bond donors (Lipinski definition) is 0. The molecule has 6 nitrogen and oxygen atoms in total. The van der Waals surface area contributed by atoms with Crippen molar-refractivity contribution in [1.29, 1.82) is 0 Å². The molecule has 0 aromatic heterocycles. The van der Waals surface area contributed by atoms with Crippen LogP contribution < -0.4 is 4.74 Å². The number of amides is 1. The minimum absolute atomic E-state index is 0.0408. The average Bonchev–Trinajstić information content (AvgIpc) is 2.73. The topological polar surface area (TPSA) is 59.1 Å². The van der Waals surface area contributed by atoms with Gasteiger partial charge < -0.3 is 14.4 Å².